The lowest BCUT2D eigenvalue weighted by Crippen LogP contribution is -2.36. The van der Waals surface area contributed by atoms with Gasteiger partial charge in [0.1, 0.15) is 12.4 Å². The summed E-state index contributed by atoms with van der Waals surface area (Å²) >= 11 is 0. The van der Waals surface area contributed by atoms with E-state index >= 15 is 0 Å². The summed E-state index contributed by atoms with van der Waals surface area (Å²) in [5.41, 5.74) is 3.30. The summed E-state index contributed by atoms with van der Waals surface area (Å²) in [4.78, 5) is 32.2. The van der Waals surface area contributed by atoms with Gasteiger partial charge in [0.2, 0.25) is 5.91 Å². The van der Waals surface area contributed by atoms with E-state index in [0.717, 1.165) is 42.5 Å². The number of aryl methyl sites for hydroxylation is 1. The zero-order chi connectivity index (χ0) is 21.5. The Morgan fingerprint density at radius 3 is 2.37 bits per heavy atom. The molecule has 2 amide bonds. The average Bonchev–Trinajstić information content (AvgIpc) is 3.09. The van der Waals surface area contributed by atoms with Gasteiger partial charge in [0, 0.05) is 18.7 Å². The molecule has 0 spiro atoms. The Morgan fingerprint density at radius 1 is 1.00 bits per heavy atom. The fourth-order valence-electron chi connectivity index (χ4n) is 3.66. The number of hydrogen-bond donors (Lipinski definition) is 1. The molecule has 30 heavy (non-hydrogen) atoms. The molecular weight excluding hydrogens is 376 g/mol. The first-order valence-electron chi connectivity index (χ1n) is 10.6. The maximum absolute atomic E-state index is 13.0. The van der Waals surface area contributed by atoms with E-state index in [1.807, 2.05) is 64.9 Å². The quantitative estimate of drug-likeness (QED) is 0.586. The average molecular weight is 407 g/mol. The zero-order valence-corrected chi connectivity index (χ0v) is 18.0. The van der Waals surface area contributed by atoms with Crippen molar-refractivity contribution < 1.29 is 9.59 Å². The van der Waals surface area contributed by atoms with Crippen LogP contribution >= 0.6 is 0 Å². The van der Waals surface area contributed by atoms with E-state index in [-0.39, 0.29) is 24.9 Å². The Morgan fingerprint density at radius 2 is 1.67 bits per heavy atom. The number of nitrogens with zero attached hydrogens (tertiary/aromatic N) is 3. The highest BCUT2D eigenvalue weighted by atomic mass is 16.2. The Labute approximate surface area is 177 Å². The highest BCUT2D eigenvalue weighted by Gasteiger charge is 2.18. The van der Waals surface area contributed by atoms with E-state index in [1.165, 1.54) is 0 Å². The molecule has 0 radical (unpaired) electrons. The fourth-order valence-corrected chi connectivity index (χ4v) is 3.66. The topological polar surface area (TPSA) is 67.2 Å². The third kappa shape index (κ3) is 4.87. The predicted octanol–water partition coefficient (Wildman–Crippen LogP) is 3.92. The first-order chi connectivity index (χ1) is 14.5. The molecular formula is C24H30N4O2. The van der Waals surface area contributed by atoms with Gasteiger partial charge in [-0.2, -0.15) is 0 Å². The Balaban J connectivity index is 1.83. The minimum atomic E-state index is -0.142. The lowest BCUT2D eigenvalue weighted by atomic mass is 10.1. The van der Waals surface area contributed by atoms with Crippen LogP contribution in [0.25, 0.3) is 11.0 Å². The third-order valence-electron chi connectivity index (χ3n) is 5.16. The number of nitrogens with one attached hydrogen (secondary N) is 1. The van der Waals surface area contributed by atoms with E-state index in [9.17, 15) is 9.59 Å². The smallest absolute Gasteiger partial charge is 0.251 e. The summed E-state index contributed by atoms with van der Waals surface area (Å²) < 4.78 is 1.92. The number of rotatable bonds is 9. The summed E-state index contributed by atoms with van der Waals surface area (Å²) in [6, 6.07) is 15.3. The molecule has 0 bridgehead atoms. The predicted molar refractivity (Wildman–Crippen MR) is 119 cm³/mol. The van der Waals surface area contributed by atoms with Gasteiger partial charge >= 0.3 is 0 Å². The minimum absolute atomic E-state index is 0.0772. The lowest BCUT2D eigenvalue weighted by Gasteiger charge is -2.22. The van der Waals surface area contributed by atoms with Crippen molar-refractivity contribution in [1.29, 1.82) is 0 Å². The van der Waals surface area contributed by atoms with Crippen LogP contribution in [0.3, 0.4) is 0 Å². The van der Waals surface area contributed by atoms with Gasteiger partial charge in [-0.25, -0.2) is 4.98 Å². The molecule has 0 saturated heterocycles. The third-order valence-corrected chi connectivity index (χ3v) is 5.16. The highest BCUT2D eigenvalue weighted by Crippen LogP contribution is 2.17. The number of carbonyl (C=O) groups is 2. The van der Waals surface area contributed by atoms with Crippen molar-refractivity contribution in [2.75, 3.05) is 13.1 Å². The number of hydrogen-bond acceptors (Lipinski definition) is 3. The molecule has 0 unspecified atom stereocenters. The Kier molecular flexibility index (Phi) is 7.22. The van der Waals surface area contributed by atoms with Crippen LogP contribution in [0.5, 0.6) is 0 Å². The SMILES string of the molecule is CCCN(CCC)C(=O)Cn1c(CNC(=O)c2ccccc2C)nc2ccccc21. The van der Waals surface area contributed by atoms with Crippen LogP contribution in [0.4, 0.5) is 0 Å². The monoisotopic (exact) mass is 406 g/mol. The number of imidazole rings is 1. The molecule has 3 rings (SSSR count). The number of amides is 2. The number of aromatic nitrogens is 2. The van der Waals surface area contributed by atoms with Crippen LogP contribution < -0.4 is 5.32 Å². The largest absolute Gasteiger partial charge is 0.345 e. The van der Waals surface area contributed by atoms with Crippen LogP contribution in [0.15, 0.2) is 48.5 Å². The van der Waals surface area contributed by atoms with Gasteiger partial charge < -0.3 is 14.8 Å². The van der Waals surface area contributed by atoms with Crippen LogP contribution in [-0.2, 0) is 17.9 Å². The molecule has 1 aromatic heterocycles. The van der Waals surface area contributed by atoms with Crippen molar-refractivity contribution in [3.8, 4) is 0 Å². The second-order valence-corrected chi connectivity index (χ2v) is 7.48. The molecule has 0 aliphatic carbocycles. The number of para-hydroxylation sites is 2. The molecule has 3 aromatic rings. The molecule has 0 fully saturated rings. The van der Waals surface area contributed by atoms with Gasteiger partial charge in [0.05, 0.1) is 17.6 Å². The summed E-state index contributed by atoms with van der Waals surface area (Å²) in [6.45, 7) is 8.05. The van der Waals surface area contributed by atoms with Gasteiger partial charge in [-0.15, -0.1) is 0 Å². The molecule has 0 aliphatic rings. The second kappa shape index (κ2) is 10.1. The first-order valence-corrected chi connectivity index (χ1v) is 10.6. The standard InChI is InChI=1S/C24H30N4O2/c1-4-14-27(15-5-2)23(29)17-28-21-13-9-8-12-20(21)26-22(28)16-25-24(30)19-11-7-6-10-18(19)3/h6-13H,4-5,14-17H2,1-3H3,(H,25,30). The van der Waals surface area contributed by atoms with E-state index in [1.54, 1.807) is 0 Å². The zero-order valence-electron chi connectivity index (χ0n) is 18.0. The van der Waals surface area contributed by atoms with Crippen molar-refractivity contribution in [2.45, 2.75) is 46.7 Å². The van der Waals surface area contributed by atoms with E-state index in [0.29, 0.717) is 11.4 Å². The van der Waals surface area contributed by atoms with Gasteiger partial charge in [0.15, 0.2) is 0 Å². The van der Waals surface area contributed by atoms with Crippen LogP contribution in [0.2, 0.25) is 0 Å². The van der Waals surface area contributed by atoms with E-state index in [2.05, 4.69) is 24.1 Å². The maximum Gasteiger partial charge on any atom is 0.251 e. The second-order valence-electron chi connectivity index (χ2n) is 7.48. The van der Waals surface area contributed by atoms with Crippen LogP contribution in [0, 0.1) is 6.92 Å². The molecule has 158 valence electrons. The van der Waals surface area contributed by atoms with Crippen LogP contribution in [-0.4, -0.2) is 39.4 Å². The van der Waals surface area contributed by atoms with Crippen molar-refractivity contribution in [2.24, 2.45) is 0 Å². The van der Waals surface area contributed by atoms with Crippen molar-refractivity contribution in [3.63, 3.8) is 0 Å². The van der Waals surface area contributed by atoms with Gasteiger partial charge in [0.25, 0.3) is 5.91 Å². The number of benzene rings is 2. The summed E-state index contributed by atoms with van der Waals surface area (Å²) in [6.07, 6.45) is 1.85. The van der Waals surface area contributed by atoms with Crippen molar-refractivity contribution in [1.82, 2.24) is 19.8 Å². The lowest BCUT2D eigenvalue weighted by molar-refractivity contribution is -0.131. The number of carbonyl (C=O) groups excluding carboxylic acids is 2. The maximum atomic E-state index is 13.0. The van der Waals surface area contributed by atoms with Gasteiger partial charge in [-0.05, 0) is 43.5 Å². The molecule has 0 atom stereocenters. The molecule has 2 aromatic carbocycles. The molecule has 6 nitrogen and oxygen atoms in total. The highest BCUT2D eigenvalue weighted by molar-refractivity contribution is 5.95. The van der Waals surface area contributed by atoms with Gasteiger partial charge in [-0.3, -0.25) is 9.59 Å². The normalized spacial score (nSPS) is 10.9. The first kappa shape index (κ1) is 21.6. The van der Waals surface area contributed by atoms with E-state index in [4.69, 9.17) is 0 Å². The fraction of sp³-hybridized carbons (Fsp3) is 0.375. The molecule has 1 heterocycles. The summed E-state index contributed by atoms with van der Waals surface area (Å²) in [5, 5.41) is 2.96. The minimum Gasteiger partial charge on any atom is -0.345 e. The van der Waals surface area contributed by atoms with Crippen molar-refractivity contribution >= 4 is 22.8 Å². The Bertz CT molecular complexity index is 1020. The van der Waals surface area contributed by atoms with Crippen LogP contribution in [0.1, 0.15) is 48.4 Å². The Hall–Kier alpha value is -3.15. The molecule has 6 heteroatoms. The van der Waals surface area contributed by atoms with E-state index < -0.39 is 0 Å². The summed E-state index contributed by atoms with van der Waals surface area (Å²) in [7, 11) is 0. The molecule has 1 N–H and O–H groups in total. The van der Waals surface area contributed by atoms with Gasteiger partial charge in [-0.1, -0.05) is 44.2 Å². The molecule has 0 saturated carbocycles. The molecule has 0 aliphatic heterocycles. The number of fused-ring (bicyclic) bond motifs is 1. The summed E-state index contributed by atoms with van der Waals surface area (Å²) in [5.74, 6) is 0.615. The van der Waals surface area contributed by atoms with Crippen molar-refractivity contribution in [3.05, 3.63) is 65.5 Å².